The smallest absolute Gasteiger partial charge is 0.247 e. The van der Waals surface area contributed by atoms with Gasteiger partial charge in [-0.15, -0.1) is 0 Å². The lowest BCUT2D eigenvalue weighted by atomic mass is 10.00. The summed E-state index contributed by atoms with van der Waals surface area (Å²) in [6, 6.07) is 24.4. The molecule has 0 radical (unpaired) electrons. The number of likely N-dealkylation sites (tertiary alicyclic amines) is 2. The molecule has 2 heterocycles. The number of anilines is 2. The van der Waals surface area contributed by atoms with Crippen LogP contribution in [-0.2, 0) is 14.4 Å². The summed E-state index contributed by atoms with van der Waals surface area (Å²) in [6.07, 6.45) is 8.82. The Balaban J connectivity index is 1.26. The van der Waals surface area contributed by atoms with Crippen molar-refractivity contribution in [2.75, 3.05) is 30.3 Å². The van der Waals surface area contributed by atoms with Crippen molar-refractivity contribution in [3.63, 3.8) is 0 Å². The Morgan fingerprint density at radius 2 is 1.49 bits per heavy atom. The number of hydrogen-bond donors (Lipinski definition) is 2. The first-order valence-electron chi connectivity index (χ1n) is 14.5. The normalized spacial score (nSPS) is 18.3. The van der Waals surface area contributed by atoms with Crippen molar-refractivity contribution in [1.82, 2.24) is 9.80 Å². The average molecular weight is 551 g/mol. The fourth-order valence-corrected chi connectivity index (χ4v) is 5.80. The van der Waals surface area contributed by atoms with Gasteiger partial charge in [0.25, 0.3) is 0 Å². The molecule has 0 bridgehead atoms. The molecule has 2 aliphatic rings. The number of rotatable bonds is 8. The first-order valence-corrected chi connectivity index (χ1v) is 14.5. The van der Waals surface area contributed by atoms with Crippen molar-refractivity contribution in [2.45, 2.75) is 51.1 Å². The molecule has 212 valence electrons. The van der Waals surface area contributed by atoms with E-state index in [4.69, 9.17) is 0 Å². The second kappa shape index (κ2) is 13.4. The number of hydrogen-bond acceptors (Lipinski definition) is 4. The maximum absolute atomic E-state index is 14.0. The molecule has 0 aliphatic carbocycles. The molecule has 0 saturated carbocycles. The second-order valence-corrected chi connectivity index (χ2v) is 10.9. The zero-order chi connectivity index (χ0) is 28.6. The molecule has 41 heavy (non-hydrogen) atoms. The van der Waals surface area contributed by atoms with Gasteiger partial charge in [0.15, 0.2) is 0 Å². The average Bonchev–Trinajstić information content (AvgIpc) is 3.49. The summed E-state index contributed by atoms with van der Waals surface area (Å²) in [5.41, 5.74) is 4.39. The zero-order valence-electron chi connectivity index (χ0n) is 23.6. The third-order valence-corrected chi connectivity index (χ3v) is 7.80. The highest BCUT2D eigenvalue weighted by Crippen LogP contribution is 2.30. The number of piperidine rings is 1. The van der Waals surface area contributed by atoms with Gasteiger partial charge in [0, 0.05) is 24.8 Å². The Labute approximate surface area is 242 Å². The van der Waals surface area contributed by atoms with Crippen molar-refractivity contribution in [2.24, 2.45) is 0 Å². The number of nitrogens with one attached hydrogen (secondary N) is 2. The minimum absolute atomic E-state index is 0.0250. The Kier molecular flexibility index (Phi) is 9.26. The lowest BCUT2D eigenvalue weighted by molar-refractivity contribution is -0.142. The quantitative estimate of drug-likeness (QED) is 0.339. The Morgan fingerprint density at radius 3 is 2.22 bits per heavy atom. The van der Waals surface area contributed by atoms with E-state index >= 15 is 0 Å². The van der Waals surface area contributed by atoms with E-state index in [0.717, 1.165) is 54.7 Å². The monoisotopic (exact) mass is 550 g/mol. The van der Waals surface area contributed by atoms with Crippen molar-refractivity contribution < 1.29 is 14.4 Å². The predicted molar refractivity (Wildman–Crippen MR) is 164 cm³/mol. The second-order valence-electron chi connectivity index (χ2n) is 10.9. The largest absolute Gasteiger partial charge is 0.329 e. The number of nitrogens with zero attached hydrogens (tertiary/aromatic N) is 2. The van der Waals surface area contributed by atoms with Crippen LogP contribution in [0.25, 0.3) is 12.2 Å². The third-order valence-electron chi connectivity index (χ3n) is 7.80. The summed E-state index contributed by atoms with van der Waals surface area (Å²) < 4.78 is 0. The lowest BCUT2D eigenvalue weighted by Gasteiger charge is -2.37. The lowest BCUT2D eigenvalue weighted by Crippen LogP contribution is -2.49. The van der Waals surface area contributed by atoms with Gasteiger partial charge in [0.05, 0.1) is 0 Å². The van der Waals surface area contributed by atoms with Crippen molar-refractivity contribution in [3.8, 4) is 0 Å². The van der Waals surface area contributed by atoms with Gasteiger partial charge >= 0.3 is 0 Å². The van der Waals surface area contributed by atoms with E-state index in [2.05, 4.69) is 15.5 Å². The van der Waals surface area contributed by atoms with Gasteiger partial charge in [0.2, 0.25) is 17.7 Å². The summed E-state index contributed by atoms with van der Waals surface area (Å²) in [6.45, 7) is 3.88. The first kappa shape index (κ1) is 28.3. The van der Waals surface area contributed by atoms with Gasteiger partial charge in [0.1, 0.15) is 12.1 Å². The van der Waals surface area contributed by atoms with Crippen LogP contribution < -0.4 is 10.6 Å². The Bertz CT molecular complexity index is 1380. The first-order chi connectivity index (χ1) is 20.0. The topological polar surface area (TPSA) is 81.8 Å². The fraction of sp³-hybridized carbons (Fsp3) is 0.324. The van der Waals surface area contributed by atoms with Crippen LogP contribution >= 0.6 is 0 Å². The zero-order valence-corrected chi connectivity index (χ0v) is 23.6. The maximum atomic E-state index is 14.0. The van der Waals surface area contributed by atoms with Gasteiger partial charge in [-0.25, -0.2) is 0 Å². The van der Waals surface area contributed by atoms with Crippen LogP contribution in [0.5, 0.6) is 0 Å². The minimum Gasteiger partial charge on any atom is -0.329 e. The number of carbonyl (C=O) groups excluding carboxylic acids is 3. The van der Waals surface area contributed by atoms with Crippen LogP contribution in [-0.4, -0.2) is 53.2 Å². The van der Waals surface area contributed by atoms with Crippen molar-refractivity contribution in [1.29, 1.82) is 0 Å². The van der Waals surface area contributed by atoms with Gasteiger partial charge in [-0.05, 0) is 79.7 Å². The fourth-order valence-electron chi connectivity index (χ4n) is 5.80. The summed E-state index contributed by atoms with van der Waals surface area (Å²) in [5.74, 6) is -0.219. The van der Waals surface area contributed by atoms with Crippen LogP contribution in [0.2, 0.25) is 0 Å². The molecule has 7 nitrogen and oxygen atoms in total. The molecule has 2 saturated heterocycles. The maximum Gasteiger partial charge on any atom is 0.247 e. The predicted octanol–water partition coefficient (Wildman–Crippen LogP) is 5.97. The molecule has 3 aromatic rings. The molecular weight excluding hydrogens is 512 g/mol. The number of carbonyl (C=O) groups is 3. The molecule has 2 atom stereocenters. The van der Waals surface area contributed by atoms with Gasteiger partial charge < -0.3 is 15.5 Å². The van der Waals surface area contributed by atoms with E-state index in [9.17, 15) is 14.4 Å². The number of amides is 3. The van der Waals surface area contributed by atoms with Crippen LogP contribution in [0.15, 0.2) is 78.9 Å². The molecule has 2 aliphatic heterocycles. The molecule has 7 heteroatoms. The molecule has 3 amide bonds. The molecular formula is C34H38N4O3. The highest BCUT2D eigenvalue weighted by molar-refractivity contribution is 5.98. The number of benzene rings is 3. The van der Waals surface area contributed by atoms with E-state index in [-0.39, 0.29) is 23.8 Å². The van der Waals surface area contributed by atoms with E-state index in [1.807, 2.05) is 91.0 Å². The summed E-state index contributed by atoms with van der Waals surface area (Å²) in [7, 11) is 0. The van der Waals surface area contributed by atoms with Crippen LogP contribution in [0, 0.1) is 0 Å². The molecule has 2 fully saturated rings. The highest BCUT2D eigenvalue weighted by atomic mass is 16.2. The molecule has 2 unspecified atom stereocenters. The summed E-state index contributed by atoms with van der Waals surface area (Å²) in [4.78, 5) is 42.9. The Hall–Kier alpha value is -4.23. The van der Waals surface area contributed by atoms with Gasteiger partial charge in [-0.1, -0.05) is 73.2 Å². The minimum atomic E-state index is -0.486. The van der Waals surface area contributed by atoms with E-state index < -0.39 is 6.04 Å². The van der Waals surface area contributed by atoms with Crippen molar-refractivity contribution in [3.05, 3.63) is 95.6 Å². The Morgan fingerprint density at radius 1 is 0.756 bits per heavy atom. The van der Waals surface area contributed by atoms with E-state index in [1.54, 1.807) is 4.90 Å². The SMILES string of the molecule is CC(=O)Nc1ccc(/C=C/c2cccc(NC(=O)C3CCCN3C(=O)C(c3ccccc3)N3CCCCC3)c2)cc1. The van der Waals surface area contributed by atoms with Gasteiger partial charge in [-0.2, -0.15) is 0 Å². The standard InChI is InChI=1S/C34H38N4O3/c1-25(39)35-29-19-17-26(18-20-29)15-16-27-10-8-13-30(24-27)36-33(40)31-14-9-23-38(31)34(41)32(28-11-4-2-5-12-28)37-21-6-3-7-22-37/h2,4-5,8,10-13,15-20,24,31-32H,3,6-7,9,14,21-23H2,1H3,(H,35,39)(H,36,40)/b16-15+. The molecule has 5 rings (SSSR count). The highest BCUT2D eigenvalue weighted by Gasteiger charge is 2.40. The third kappa shape index (κ3) is 7.30. The summed E-state index contributed by atoms with van der Waals surface area (Å²) in [5, 5.41) is 5.84. The van der Waals surface area contributed by atoms with Crippen molar-refractivity contribution >= 4 is 41.2 Å². The van der Waals surface area contributed by atoms with Crippen LogP contribution in [0.4, 0.5) is 11.4 Å². The molecule has 0 spiro atoms. The van der Waals surface area contributed by atoms with Gasteiger partial charge in [-0.3, -0.25) is 19.3 Å². The molecule has 0 aromatic heterocycles. The molecule has 3 aromatic carbocycles. The van der Waals surface area contributed by atoms with Crippen LogP contribution in [0.3, 0.4) is 0 Å². The van der Waals surface area contributed by atoms with E-state index in [1.165, 1.54) is 13.3 Å². The van der Waals surface area contributed by atoms with Crippen LogP contribution in [0.1, 0.15) is 61.8 Å². The molecule has 2 N–H and O–H groups in total. The van der Waals surface area contributed by atoms with E-state index in [0.29, 0.717) is 18.7 Å². The summed E-state index contributed by atoms with van der Waals surface area (Å²) >= 11 is 0.